The lowest BCUT2D eigenvalue weighted by atomic mass is 9.96. The van der Waals surface area contributed by atoms with Crippen LogP contribution in [0.25, 0.3) is 0 Å². The van der Waals surface area contributed by atoms with Crippen LogP contribution in [0.15, 0.2) is 4.99 Å². The fraction of sp³-hybridized carbons (Fsp3) is 0.875. The minimum atomic E-state index is -0.00496. The van der Waals surface area contributed by atoms with Gasteiger partial charge in [-0.15, -0.1) is 0 Å². The molecule has 0 aromatic heterocycles. The molecule has 0 aromatic rings. The molecule has 24 heavy (non-hydrogen) atoms. The standard InChI is InChI=1S/C16H26N6O2/c23-16-20-14-13-11(5-6-17-14)24-8-2-1-7-21-9-18-10-3-4-12(22(13)16)19-15(10)21/h9-15,17,19H,1-8H2,(H,20,23). The number of carbonyl (C=O) groups excluding carboxylic acids is 1. The third kappa shape index (κ3) is 2.31. The van der Waals surface area contributed by atoms with E-state index in [1.807, 2.05) is 11.2 Å². The summed E-state index contributed by atoms with van der Waals surface area (Å²) in [6.45, 7) is 2.66. The molecule has 5 rings (SSSR count). The molecule has 0 spiro atoms. The van der Waals surface area contributed by atoms with Crippen LogP contribution in [0.4, 0.5) is 4.79 Å². The number of hydrogen-bond donors (Lipinski definition) is 3. The molecule has 4 saturated heterocycles. The van der Waals surface area contributed by atoms with Gasteiger partial charge >= 0.3 is 6.03 Å². The Morgan fingerprint density at radius 3 is 3.17 bits per heavy atom. The van der Waals surface area contributed by atoms with Crippen LogP contribution in [0.3, 0.4) is 0 Å². The van der Waals surface area contributed by atoms with Gasteiger partial charge in [-0.25, -0.2) is 4.79 Å². The number of rotatable bonds is 0. The van der Waals surface area contributed by atoms with Gasteiger partial charge in [-0.1, -0.05) is 0 Å². The number of hydrogen-bond acceptors (Lipinski definition) is 6. The average molecular weight is 334 g/mol. The van der Waals surface area contributed by atoms with Crippen molar-refractivity contribution in [2.24, 2.45) is 4.99 Å². The lowest BCUT2D eigenvalue weighted by Crippen LogP contribution is -2.65. The van der Waals surface area contributed by atoms with Crippen LogP contribution in [0.2, 0.25) is 0 Å². The quantitative estimate of drug-likeness (QED) is 0.563. The predicted octanol–water partition coefficient (Wildman–Crippen LogP) is -0.373. The van der Waals surface area contributed by atoms with Crippen molar-refractivity contribution in [3.8, 4) is 0 Å². The van der Waals surface area contributed by atoms with Crippen molar-refractivity contribution < 1.29 is 9.53 Å². The number of piperidine rings is 2. The van der Waals surface area contributed by atoms with Crippen LogP contribution < -0.4 is 16.0 Å². The number of amides is 2. The van der Waals surface area contributed by atoms with Crippen LogP contribution in [0, 0.1) is 0 Å². The monoisotopic (exact) mass is 334 g/mol. The van der Waals surface area contributed by atoms with Gasteiger partial charge in [0.1, 0.15) is 12.3 Å². The molecule has 0 saturated carbocycles. The first-order valence-corrected chi connectivity index (χ1v) is 9.30. The van der Waals surface area contributed by atoms with E-state index in [9.17, 15) is 4.79 Å². The van der Waals surface area contributed by atoms with Crippen LogP contribution in [0.5, 0.6) is 0 Å². The van der Waals surface area contributed by atoms with Crippen LogP contribution in [0.1, 0.15) is 32.1 Å². The van der Waals surface area contributed by atoms with E-state index in [1.54, 1.807) is 0 Å². The van der Waals surface area contributed by atoms with E-state index in [1.165, 1.54) is 0 Å². The SMILES string of the molecule is O=C1NC2NCCC3OCCCCN4C=NC5CCC(NC54)N1C23. The zero-order valence-electron chi connectivity index (χ0n) is 13.9. The first kappa shape index (κ1) is 14.9. The smallest absolute Gasteiger partial charge is 0.320 e. The maximum absolute atomic E-state index is 12.7. The lowest BCUT2D eigenvalue weighted by molar-refractivity contribution is -0.0445. The topological polar surface area (TPSA) is 81.2 Å². The molecule has 0 radical (unpaired) electrons. The van der Waals surface area contributed by atoms with Gasteiger partial charge in [-0.05, 0) is 38.6 Å². The summed E-state index contributed by atoms with van der Waals surface area (Å²) in [5, 5.41) is 10.3. The van der Waals surface area contributed by atoms with Crippen molar-refractivity contribution in [2.75, 3.05) is 19.7 Å². The Bertz CT molecular complexity index is 543. The minimum absolute atomic E-state index is 0.00496. The molecule has 8 heteroatoms. The highest BCUT2D eigenvalue weighted by atomic mass is 16.5. The van der Waals surface area contributed by atoms with E-state index in [0.717, 1.165) is 51.8 Å². The van der Waals surface area contributed by atoms with Gasteiger partial charge in [-0.2, -0.15) is 0 Å². The van der Waals surface area contributed by atoms with Crippen molar-refractivity contribution in [2.45, 2.75) is 68.8 Å². The van der Waals surface area contributed by atoms with Gasteiger partial charge in [0.15, 0.2) is 0 Å². The normalized spacial score (nSPS) is 44.6. The molecule has 2 bridgehead atoms. The molecule has 8 nitrogen and oxygen atoms in total. The summed E-state index contributed by atoms with van der Waals surface area (Å²) in [6.07, 6.45) is 7.47. The molecule has 0 aliphatic carbocycles. The summed E-state index contributed by atoms with van der Waals surface area (Å²) in [7, 11) is 0. The Morgan fingerprint density at radius 2 is 2.21 bits per heavy atom. The molecular weight excluding hydrogens is 308 g/mol. The second-order valence-corrected chi connectivity index (χ2v) is 7.46. The molecular formula is C16H26N6O2. The van der Waals surface area contributed by atoms with E-state index < -0.39 is 0 Å². The molecule has 5 aliphatic rings. The number of carbonyl (C=O) groups is 1. The third-order valence-corrected chi connectivity index (χ3v) is 6.06. The van der Waals surface area contributed by atoms with Crippen molar-refractivity contribution in [3.63, 3.8) is 0 Å². The molecule has 5 heterocycles. The lowest BCUT2D eigenvalue weighted by Gasteiger charge is -2.45. The minimum Gasteiger partial charge on any atom is -0.376 e. The van der Waals surface area contributed by atoms with Crippen molar-refractivity contribution in [1.29, 1.82) is 0 Å². The van der Waals surface area contributed by atoms with E-state index in [2.05, 4.69) is 25.8 Å². The number of nitrogens with zero attached hydrogens (tertiary/aromatic N) is 3. The van der Waals surface area contributed by atoms with Crippen LogP contribution >= 0.6 is 0 Å². The predicted molar refractivity (Wildman–Crippen MR) is 88.5 cm³/mol. The second kappa shape index (κ2) is 5.86. The fourth-order valence-electron chi connectivity index (χ4n) is 4.88. The fourth-order valence-corrected chi connectivity index (χ4v) is 4.88. The molecule has 6 atom stereocenters. The van der Waals surface area contributed by atoms with Crippen molar-refractivity contribution in [1.82, 2.24) is 25.8 Å². The highest BCUT2D eigenvalue weighted by Gasteiger charge is 2.51. The molecule has 6 unspecified atom stereocenters. The number of aliphatic imine (C=N–C) groups is 1. The molecule has 5 aliphatic heterocycles. The largest absolute Gasteiger partial charge is 0.376 e. The van der Waals surface area contributed by atoms with Gasteiger partial charge in [0, 0.05) is 13.2 Å². The van der Waals surface area contributed by atoms with E-state index in [-0.39, 0.29) is 36.7 Å². The Balaban J connectivity index is 1.45. The molecule has 2 amide bonds. The number of nitrogens with one attached hydrogen (secondary N) is 3. The molecule has 0 aromatic carbocycles. The Morgan fingerprint density at radius 1 is 1.25 bits per heavy atom. The Hall–Kier alpha value is -1.38. The third-order valence-electron chi connectivity index (χ3n) is 6.06. The summed E-state index contributed by atoms with van der Waals surface area (Å²) >= 11 is 0. The van der Waals surface area contributed by atoms with E-state index in [4.69, 9.17) is 4.74 Å². The van der Waals surface area contributed by atoms with Gasteiger partial charge in [-0.3, -0.25) is 15.6 Å². The molecule has 4 fully saturated rings. The van der Waals surface area contributed by atoms with Crippen molar-refractivity contribution in [3.05, 3.63) is 0 Å². The number of urea groups is 1. The number of ether oxygens (including phenoxy) is 1. The molecule has 132 valence electrons. The van der Waals surface area contributed by atoms with Crippen molar-refractivity contribution >= 4 is 12.4 Å². The summed E-state index contributed by atoms with van der Waals surface area (Å²) < 4.78 is 6.21. The summed E-state index contributed by atoms with van der Waals surface area (Å²) in [5.41, 5.74) is 0. The maximum atomic E-state index is 12.7. The summed E-state index contributed by atoms with van der Waals surface area (Å²) in [4.78, 5) is 21.7. The second-order valence-electron chi connectivity index (χ2n) is 7.46. The first-order valence-electron chi connectivity index (χ1n) is 9.30. The average Bonchev–Trinajstić information content (AvgIpc) is 3.13. The molecule has 3 N–H and O–H groups in total. The Kier molecular flexibility index (Phi) is 3.64. The number of fused-ring (bicyclic) bond motifs is 2. The van der Waals surface area contributed by atoms with Gasteiger partial charge in [0.25, 0.3) is 0 Å². The van der Waals surface area contributed by atoms with Gasteiger partial charge in [0.05, 0.1) is 30.7 Å². The zero-order valence-corrected chi connectivity index (χ0v) is 13.9. The van der Waals surface area contributed by atoms with Gasteiger partial charge in [0.2, 0.25) is 0 Å². The maximum Gasteiger partial charge on any atom is 0.320 e. The highest BCUT2D eigenvalue weighted by Crippen LogP contribution is 2.31. The summed E-state index contributed by atoms with van der Waals surface area (Å²) in [6, 6.07) is 0.407. The van der Waals surface area contributed by atoms with E-state index in [0.29, 0.717) is 6.04 Å². The first-order chi connectivity index (χ1) is 11.8. The zero-order chi connectivity index (χ0) is 16.1. The van der Waals surface area contributed by atoms with Crippen LogP contribution in [-0.2, 0) is 4.74 Å². The van der Waals surface area contributed by atoms with Crippen LogP contribution in [-0.4, -0.2) is 78.6 Å². The Labute approximate surface area is 142 Å². The summed E-state index contributed by atoms with van der Waals surface area (Å²) in [5.74, 6) is 0. The van der Waals surface area contributed by atoms with Gasteiger partial charge < -0.3 is 19.9 Å². The highest BCUT2D eigenvalue weighted by molar-refractivity contribution is 5.78. The van der Waals surface area contributed by atoms with E-state index >= 15 is 0 Å².